The minimum Gasteiger partial charge on any atom is -0.456 e. The number of fused-ring (bicyclic) bond motifs is 19. The van der Waals surface area contributed by atoms with E-state index >= 15 is 0 Å². The number of allylic oxidation sites excluding steroid dienone is 1. The zero-order chi connectivity index (χ0) is 53.4. The van der Waals surface area contributed by atoms with Crippen molar-refractivity contribution in [1.29, 1.82) is 0 Å². The number of rotatable bonds is 6. The Kier molecular flexibility index (Phi) is 9.23. The van der Waals surface area contributed by atoms with Crippen LogP contribution in [0, 0.1) is 5.92 Å². The average molecular weight is 1040 g/mol. The SMILES string of the molecule is CC12Cc3c(oc4cc5c(cc34)oc3cc(N(c4ccncc4)c4ccc6c(c4)C(C)(C)c4ccc7ccccc7c4-6)ccc35)C=C1C1C=CC(N(c3ccncc3)c3ccc4c(c3)C(C)(C)c3ccc5ccccc5c3-4)=CC1O2. The normalized spacial score (nSPS) is 19.6. The Balaban J connectivity index is 0.700. The van der Waals surface area contributed by atoms with Crippen molar-refractivity contribution >= 4 is 89.0 Å². The third-order valence-corrected chi connectivity index (χ3v) is 18.7. The van der Waals surface area contributed by atoms with Gasteiger partial charge in [-0.3, -0.25) is 9.97 Å². The molecule has 8 aromatic carbocycles. The Hall–Kier alpha value is -9.30. The molecule has 1 aliphatic heterocycles. The van der Waals surface area contributed by atoms with Crippen molar-refractivity contribution < 1.29 is 13.6 Å². The van der Waals surface area contributed by atoms with Gasteiger partial charge in [0.2, 0.25) is 0 Å². The first-order chi connectivity index (χ1) is 39.0. The van der Waals surface area contributed by atoms with Crippen LogP contribution in [-0.2, 0) is 22.0 Å². The number of anilines is 5. The molecule has 0 spiro atoms. The number of furan rings is 2. The minimum absolute atomic E-state index is 0.0622. The molecule has 3 unspecified atom stereocenters. The summed E-state index contributed by atoms with van der Waals surface area (Å²) >= 11 is 0. The molecule has 80 heavy (non-hydrogen) atoms. The van der Waals surface area contributed by atoms with Crippen LogP contribution < -0.4 is 9.80 Å². The van der Waals surface area contributed by atoms with Crippen molar-refractivity contribution in [3.63, 3.8) is 0 Å². The number of pyridine rings is 2. The molecular weight excluding hydrogens is 981 g/mol. The van der Waals surface area contributed by atoms with Crippen molar-refractivity contribution in [1.82, 2.24) is 9.97 Å². The lowest BCUT2D eigenvalue weighted by Gasteiger charge is -2.31. The number of hydrogen-bond acceptors (Lipinski definition) is 7. The van der Waals surface area contributed by atoms with E-state index in [1.807, 2.05) is 24.8 Å². The Morgan fingerprint density at radius 3 is 1.68 bits per heavy atom. The number of ether oxygens (including phenoxy) is 1. The summed E-state index contributed by atoms with van der Waals surface area (Å²) in [6.07, 6.45) is 17.2. The standard InChI is InChI=1S/C73H54N4O3/c1-71(2)59-24-14-42-10-6-8-12-50(42)69(59)54-22-18-46(34-61(54)71)76(44-26-30-74-31-27-44)48-16-20-52-56-38-66-57(39-65(56)78-64(52)36-48)58-41-73(5)63(40-67(58)79-66)53-21-17-49(37-68(53)80-73)77(45-28-32-75-33-29-45)47-19-23-55-62(35-47)72(3,4)60-25-15-43-11-7-9-13-51(43)70(55)60/h6-40,53,68H,41H2,1-5H3. The molecule has 7 nitrogen and oxygen atoms in total. The maximum atomic E-state index is 7.28. The quantitative estimate of drug-likeness (QED) is 0.164. The first-order valence-electron chi connectivity index (χ1n) is 27.9. The smallest absolute Gasteiger partial charge is 0.137 e. The van der Waals surface area contributed by atoms with Crippen LogP contribution in [0.25, 0.3) is 82.8 Å². The topological polar surface area (TPSA) is 67.8 Å². The van der Waals surface area contributed by atoms with Crippen LogP contribution >= 0.6 is 0 Å². The lowest BCUT2D eigenvalue weighted by Crippen LogP contribution is -2.31. The summed E-state index contributed by atoms with van der Waals surface area (Å²) in [5.74, 6) is 0.959. The van der Waals surface area contributed by atoms with Gasteiger partial charge in [0, 0.05) is 110 Å². The summed E-state index contributed by atoms with van der Waals surface area (Å²) in [5, 5.41) is 8.24. The first kappa shape index (κ1) is 45.7. The number of hydrogen-bond donors (Lipinski definition) is 0. The Morgan fingerprint density at radius 1 is 0.475 bits per heavy atom. The average Bonchev–Trinajstić information content (AvgIpc) is 4.43. The molecule has 4 aromatic heterocycles. The lowest BCUT2D eigenvalue weighted by atomic mass is 9.77. The second-order valence-corrected chi connectivity index (χ2v) is 23.8. The fourth-order valence-electron chi connectivity index (χ4n) is 14.8. The molecule has 1 saturated heterocycles. The molecule has 0 radical (unpaired) electrons. The molecule has 0 amide bonds. The molecule has 3 atom stereocenters. The van der Waals surface area contributed by atoms with Gasteiger partial charge in [0.1, 0.15) is 22.5 Å². The minimum atomic E-state index is -0.541. The van der Waals surface area contributed by atoms with E-state index in [1.165, 1.54) is 71.6 Å². The van der Waals surface area contributed by atoms with Gasteiger partial charge in [-0.05, 0) is 170 Å². The van der Waals surface area contributed by atoms with E-state index < -0.39 is 5.60 Å². The van der Waals surface area contributed by atoms with Gasteiger partial charge in [0.25, 0.3) is 0 Å². The van der Waals surface area contributed by atoms with Crippen LogP contribution in [0.4, 0.5) is 28.4 Å². The van der Waals surface area contributed by atoms with Gasteiger partial charge in [0.15, 0.2) is 0 Å². The second kappa shape index (κ2) is 16.2. The van der Waals surface area contributed by atoms with E-state index in [1.54, 1.807) is 0 Å². The molecule has 7 heteroatoms. The summed E-state index contributed by atoms with van der Waals surface area (Å²) in [6.45, 7) is 11.7. The third-order valence-electron chi connectivity index (χ3n) is 18.7. The molecular formula is C73H54N4O3. The van der Waals surface area contributed by atoms with Crippen LogP contribution in [0.3, 0.4) is 0 Å². The van der Waals surface area contributed by atoms with E-state index in [-0.39, 0.29) is 22.9 Å². The Bertz CT molecular complexity index is 4770. The molecule has 384 valence electrons. The molecule has 0 bridgehead atoms. The summed E-state index contributed by atoms with van der Waals surface area (Å²) in [7, 11) is 0. The van der Waals surface area contributed by atoms with E-state index in [2.05, 4.69) is 242 Å². The van der Waals surface area contributed by atoms with Crippen LogP contribution in [0.5, 0.6) is 0 Å². The van der Waals surface area contributed by atoms with Gasteiger partial charge in [-0.15, -0.1) is 0 Å². The van der Waals surface area contributed by atoms with Gasteiger partial charge >= 0.3 is 0 Å². The number of nitrogens with zero attached hydrogens (tertiary/aromatic N) is 4. The monoisotopic (exact) mass is 1030 g/mol. The highest BCUT2D eigenvalue weighted by molar-refractivity contribution is 6.11. The zero-order valence-electron chi connectivity index (χ0n) is 45.1. The van der Waals surface area contributed by atoms with Crippen molar-refractivity contribution in [2.45, 2.75) is 63.6 Å². The first-order valence-corrected chi connectivity index (χ1v) is 27.9. The van der Waals surface area contributed by atoms with Gasteiger partial charge in [-0.25, -0.2) is 0 Å². The van der Waals surface area contributed by atoms with Crippen LogP contribution in [0.2, 0.25) is 0 Å². The lowest BCUT2D eigenvalue weighted by molar-refractivity contribution is 0.00113. The fourth-order valence-corrected chi connectivity index (χ4v) is 14.8. The summed E-state index contributed by atoms with van der Waals surface area (Å²) in [6, 6.07) is 59.9. The number of benzene rings is 8. The Morgan fingerprint density at radius 2 is 1.02 bits per heavy atom. The van der Waals surface area contributed by atoms with Crippen molar-refractivity contribution in [2.75, 3.05) is 9.80 Å². The maximum Gasteiger partial charge on any atom is 0.137 e. The Labute approximate surface area is 463 Å². The number of aromatic nitrogens is 2. The molecule has 5 heterocycles. The molecule has 0 saturated carbocycles. The summed E-state index contributed by atoms with van der Waals surface area (Å²) < 4.78 is 21.0. The maximum absolute atomic E-state index is 7.28. The van der Waals surface area contributed by atoms with Gasteiger partial charge in [-0.2, -0.15) is 0 Å². The van der Waals surface area contributed by atoms with Crippen LogP contribution in [-0.4, -0.2) is 21.7 Å². The molecule has 5 aliphatic rings. The highest BCUT2D eigenvalue weighted by Crippen LogP contribution is 2.56. The predicted molar refractivity (Wildman–Crippen MR) is 325 cm³/mol. The molecule has 17 rings (SSSR count). The fraction of sp³-hybridized carbons (Fsp3) is 0.151. The van der Waals surface area contributed by atoms with Gasteiger partial charge in [0.05, 0.1) is 11.7 Å². The summed E-state index contributed by atoms with van der Waals surface area (Å²) in [5.41, 5.74) is 20.9. The molecule has 1 fully saturated rings. The second-order valence-electron chi connectivity index (χ2n) is 23.8. The zero-order valence-corrected chi connectivity index (χ0v) is 45.1. The van der Waals surface area contributed by atoms with Crippen molar-refractivity contribution in [3.8, 4) is 22.3 Å². The third kappa shape index (κ3) is 6.35. The summed E-state index contributed by atoms with van der Waals surface area (Å²) in [4.78, 5) is 13.5. The van der Waals surface area contributed by atoms with Gasteiger partial charge < -0.3 is 23.4 Å². The van der Waals surface area contributed by atoms with Crippen molar-refractivity contribution in [3.05, 3.63) is 252 Å². The van der Waals surface area contributed by atoms with E-state index in [4.69, 9.17) is 13.6 Å². The molecule has 4 aliphatic carbocycles. The van der Waals surface area contributed by atoms with Gasteiger partial charge in [-0.1, -0.05) is 119 Å². The molecule has 12 aromatic rings. The highest BCUT2D eigenvalue weighted by atomic mass is 16.5. The van der Waals surface area contributed by atoms with Crippen LogP contribution in [0.15, 0.2) is 227 Å². The highest BCUT2D eigenvalue weighted by Gasteiger charge is 2.50. The van der Waals surface area contributed by atoms with Crippen LogP contribution in [0.1, 0.15) is 68.2 Å². The largest absolute Gasteiger partial charge is 0.456 e. The molecule has 0 N–H and O–H groups in total. The van der Waals surface area contributed by atoms with E-state index in [0.717, 1.165) is 78.4 Å². The van der Waals surface area contributed by atoms with Crippen molar-refractivity contribution in [2.24, 2.45) is 5.92 Å². The van der Waals surface area contributed by atoms with E-state index in [9.17, 15) is 0 Å². The predicted octanol–water partition coefficient (Wildman–Crippen LogP) is 18.5. The van der Waals surface area contributed by atoms with E-state index in [0.29, 0.717) is 6.42 Å².